The van der Waals surface area contributed by atoms with Crippen molar-refractivity contribution in [3.63, 3.8) is 0 Å². The van der Waals surface area contributed by atoms with Crippen molar-refractivity contribution in [3.05, 3.63) is 11.7 Å². The maximum atomic E-state index is 12.1. The minimum absolute atomic E-state index is 0.111. The lowest BCUT2D eigenvalue weighted by Crippen LogP contribution is -2.33. The molecule has 1 unspecified atom stereocenters. The van der Waals surface area contributed by atoms with Crippen LogP contribution in [0.4, 0.5) is 0 Å². The highest BCUT2D eigenvalue weighted by Gasteiger charge is 2.40. The zero-order valence-corrected chi connectivity index (χ0v) is 12.1. The van der Waals surface area contributed by atoms with Gasteiger partial charge in [-0.05, 0) is 25.2 Å². The second-order valence-corrected chi connectivity index (χ2v) is 7.78. The first-order valence-electron chi connectivity index (χ1n) is 6.82. The Hall–Kier alpha value is -0.950. The van der Waals surface area contributed by atoms with Gasteiger partial charge in [-0.15, -0.1) is 0 Å². The predicted octanol–water partition coefficient (Wildman–Crippen LogP) is 1.68. The molecular weight excluding hydrogens is 266 g/mol. The molecule has 2 aliphatic rings. The maximum Gasteiger partial charge on any atom is 0.245 e. The highest BCUT2D eigenvalue weighted by atomic mass is 32.2. The minimum atomic E-state index is -3.17. The van der Waals surface area contributed by atoms with E-state index in [2.05, 4.69) is 10.1 Å². The predicted molar refractivity (Wildman–Crippen MR) is 69.0 cm³/mol. The van der Waals surface area contributed by atoms with Crippen LogP contribution in [0.1, 0.15) is 56.8 Å². The molecule has 2 heterocycles. The third-order valence-electron chi connectivity index (χ3n) is 3.73. The lowest BCUT2D eigenvalue weighted by Gasteiger charge is -2.26. The highest BCUT2D eigenvalue weighted by molar-refractivity contribution is 7.89. The number of hydrogen-bond acceptors (Lipinski definition) is 5. The standard InChI is InChI=1S/C12H19N3O3S/c1-8(2)10(15-6-3-7-19(15,16)17)12-13-11(14-18-12)9-4-5-9/h8-10H,3-7H2,1-2H3. The van der Waals surface area contributed by atoms with Crippen molar-refractivity contribution in [1.82, 2.24) is 14.4 Å². The number of sulfonamides is 1. The summed E-state index contributed by atoms with van der Waals surface area (Å²) < 4.78 is 31.0. The Morgan fingerprint density at radius 1 is 1.37 bits per heavy atom. The van der Waals surface area contributed by atoms with E-state index in [4.69, 9.17) is 4.52 Å². The molecule has 0 aromatic carbocycles. The molecule has 1 aliphatic heterocycles. The zero-order valence-electron chi connectivity index (χ0n) is 11.2. The fraction of sp³-hybridized carbons (Fsp3) is 0.833. The Morgan fingerprint density at radius 2 is 2.11 bits per heavy atom. The van der Waals surface area contributed by atoms with Crippen LogP contribution in [0.2, 0.25) is 0 Å². The number of nitrogens with zero attached hydrogens (tertiary/aromatic N) is 3. The van der Waals surface area contributed by atoms with Crippen LogP contribution < -0.4 is 0 Å². The molecule has 1 saturated heterocycles. The van der Waals surface area contributed by atoms with Crippen molar-refractivity contribution in [1.29, 1.82) is 0 Å². The first-order valence-corrected chi connectivity index (χ1v) is 8.43. The molecule has 0 amide bonds. The van der Waals surface area contributed by atoms with E-state index >= 15 is 0 Å². The molecule has 106 valence electrons. The smallest absolute Gasteiger partial charge is 0.245 e. The lowest BCUT2D eigenvalue weighted by atomic mass is 10.0. The Bertz CT molecular complexity index is 563. The van der Waals surface area contributed by atoms with Crippen LogP contribution in [0.15, 0.2) is 4.52 Å². The Kier molecular flexibility index (Phi) is 3.13. The molecule has 1 saturated carbocycles. The van der Waals surface area contributed by atoms with Gasteiger partial charge in [0.2, 0.25) is 15.9 Å². The van der Waals surface area contributed by atoms with E-state index in [0.717, 1.165) is 18.7 Å². The first-order chi connectivity index (χ1) is 8.99. The van der Waals surface area contributed by atoms with E-state index in [1.54, 1.807) is 0 Å². The van der Waals surface area contributed by atoms with Gasteiger partial charge in [0.1, 0.15) is 6.04 Å². The summed E-state index contributed by atoms with van der Waals surface area (Å²) in [5.41, 5.74) is 0. The Balaban J connectivity index is 1.91. The van der Waals surface area contributed by atoms with E-state index in [1.807, 2.05) is 13.8 Å². The van der Waals surface area contributed by atoms with E-state index in [1.165, 1.54) is 4.31 Å². The molecule has 6 nitrogen and oxygen atoms in total. The molecule has 1 aromatic rings. The van der Waals surface area contributed by atoms with Gasteiger partial charge >= 0.3 is 0 Å². The molecule has 19 heavy (non-hydrogen) atoms. The average Bonchev–Trinajstić information content (AvgIpc) is 2.97. The van der Waals surface area contributed by atoms with Crippen LogP contribution in [-0.2, 0) is 10.0 Å². The van der Waals surface area contributed by atoms with E-state index in [0.29, 0.717) is 24.8 Å². The maximum absolute atomic E-state index is 12.1. The zero-order chi connectivity index (χ0) is 13.6. The molecule has 3 rings (SSSR count). The summed E-state index contributed by atoms with van der Waals surface area (Å²) in [5, 5.41) is 3.99. The van der Waals surface area contributed by atoms with Gasteiger partial charge in [-0.25, -0.2) is 8.42 Å². The summed E-state index contributed by atoms with van der Waals surface area (Å²) in [6.45, 7) is 4.52. The van der Waals surface area contributed by atoms with Gasteiger partial charge in [-0.3, -0.25) is 0 Å². The summed E-state index contributed by atoms with van der Waals surface area (Å²) in [6, 6.07) is -0.326. The molecule has 2 fully saturated rings. The van der Waals surface area contributed by atoms with Crippen molar-refractivity contribution in [2.24, 2.45) is 5.92 Å². The number of rotatable bonds is 4. The summed E-state index contributed by atoms with van der Waals surface area (Å²) in [7, 11) is -3.17. The summed E-state index contributed by atoms with van der Waals surface area (Å²) >= 11 is 0. The second-order valence-electron chi connectivity index (χ2n) is 5.73. The summed E-state index contributed by atoms with van der Waals surface area (Å²) in [4.78, 5) is 4.42. The number of aromatic nitrogens is 2. The molecule has 1 aromatic heterocycles. The van der Waals surface area contributed by atoms with E-state index in [9.17, 15) is 8.42 Å². The number of hydrogen-bond donors (Lipinski definition) is 0. The molecule has 0 spiro atoms. The lowest BCUT2D eigenvalue weighted by molar-refractivity contribution is 0.214. The van der Waals surface area contributed by atoms with Crippen LogP contribution >= 0.6 is 0 Å². The fourth-order valence-electron chi connectivity index (χ4n) is 2.59. The van der Waals surface area contributed by atoms with Crippen LogP contribution in [0.5, 0.6) is 0 Å². The molecule has 1 atom stereocenters. The Labute approximate surface area is 113 Å². The average molecular weight is 285 g/mol. The van der Waals surface area contributed by atoms with Gasteiger partial charge < -0.3 is 4.52 Å². The van der Waals surface area contributed by atoms with Gasteiger partial charge in [-0.2, -0.15) is 9.29 Å². The van der Waals surface area contributed by atoms with Gasteiger partial charge in [0.25, 0.3) is 0 Å². The van der Waals surface area contributed by atoms with Gasteiger partial charge in [0, 0.05) is 12.5 Å². The van der Waals surface area contributed by atoms with Crippen LogP contribution in [0, 0.1) is 5.92 Å². The SMILES string of the molecule is CC(C)C(c1nc(C2CC2)no1)N1CCCS1(=O)=O. The topological polar surface area (TPSA) is 76.3 Å². The highest BCUT2D eigenvalue weighted by Crippen LogP contribution is 2.40. The molecule has 7 heteroatoms. The van der Waals surface area contributed by atoms with Crippen LogP contribution in [0.25, 0.3) is 0 Å². The normalized spacial score (nSPS) is 25.0. The largest absolute Gasteiger partial charge is 0.338 e. The molecule has 0 bridgehead atoms. The quantitative estimate of drug-likeness (QED) is 0.841. The van der Waals surface area contributed by atoms with Gasteiger partial charge in [0.15, 0.2) is 5.82 Å². The van der Waals surface area contributed by atoms with Crippen molar-refractivity contribution in [2.45, 2.75) is 45.1 Å². The van der Waals surface area contributed by atoms with Crippen molar-refractivity contribution >= 4 is 10.0 Å². The van der Waals surface area contributed by atoms with Crippen LogP contribution in [-0.4, -0.2) is 35.2 Å². The molecule has 0 N–H and O–H groups in total. The Morgan fingerprint density at radius 3 is 2.63 bits per heavy atom. The van der Waals surface area contributed by atoms with Gasteiger partial charge in [0.05, 0.1) is 5.75 Å². The third-order valence-corrected chi connectivity index (χ3v) is 5.66. The second kappa shape index (κ2) is 4.56. The third kappa shape index (κ3) is 2.41. The fourth-order valence-corrected chi connectivity index (χ4v) is 4.40. The van der Waals surface area contributed by atoms with Crippen molar-refractivity contribution in [2.75, 3.05) is 12.3 Å². The molecule has 1 aliphatic carbocycles. The monoisotopic (exact) mass is 285 g/mol. The van der Waals surface area contributed by atoms with Gasteiger partial charge in [-0.1, -0.05) is 19.0 Å². The van der Waals surface area contributed by atoms with Crippen molar-refractivity contribution in [3.8, 4) is 0 Å². The summed E-state index contributed by atoms with van der Waals surface area (Å²) in [6.07, 6.45) is 2.88. The van der Waals surface area contributed by atoms with Crippen LogP contribution in [0.3, 0.4) is 0 Å². The molecular formula is C12H19N3O3S. The first kappa shape index (κ1) is 13.1. The minimum Gasteiger partial charge on any atom is -0.338 e. The molecule has 0 radical (unpaired) electrons. The van der Waals surface area contributed by atoms with Crippen molar-refractivity contribution < 1.29 is 12.9 Å². The van der Waals surface area contributed by atoms with E-state index in [-0.39, 0.29) is 17.7 Å². The van der Waals surface area contributed by atoms with E-state index < -0.39 is 10.0 Å². The summed E-state index contributed by atoms with van der Waals surface area (Å²) in [5.74, 6) is 1.93.